The SMILES string of the molecule is CN=C(NCCc1ncc(C)s1)NCc1cccc(CN2CCCCCC2)c1. The van der Waals surface area contributed by atoms with E-state index in [4.69, 9.17) is 0 Å². The number of hydrogen-bond acceptors (Lipinski definition) is 4. The molecule has 2 heterocycles. The Labute approximate surface area is 173 Å². The molecule has 152 valence electrons. The third-order valence-corrected chi connectivity index (χ3v) is 6.05. The largest absolute Gasteiger partial charge is 0.356 e. The van der Waals surface area contributed by atoms with E-state index < -0.39 is 0 Å². The van der Waals surface area contributed by atoms with Crippen LogP contribution in [0.15, 0.2) is 35.5 Å². The second-order valence-corrected chi connectivity index (χ2v) is 8.80. The standard InChI is InChI=1S/C22H33N5S/c1-18-15-25-21(28-18)10-11-24-22(23-2)26-16-19-8-7-9-20(14-19)17-27-12-5-3-4-6-13-27/h7-9,14-15H,3-6,10-13,16-17H2,1-2H3,(H2,23,24,26). The molecule has 1 aromatic heterocycles. The first-order valence-electron chi connectivity index (χ1n) is 10.4. The van der Waals surface area contributed by atoms with E-state index in [1.54, 1.807) is 11.3 Å². The third kappa shape index (κ3) is 6.91. The van der Waals surface area contributed by atoms with Gasteiger partial charge in [0.05, 0.1) is 5.01 Å². The van der Waals surface area contributed by atoms with Gasteiger partial charge in [-0.2, -0.15) is 0 Å². The molecular formula is C22H33N5S. The molecule has 0 amide bonds. The van der Waals surface area contributed by atoms with E-state index in [1.807, 2.05) is 13.2 Å². The van der Waals surface area contributed by atoms with Crippen LogP contribution in [0.2, 0.25) is 0 Å². The van der Waals surface area contributed by atoms with Crippen molar-refractivity contribution in [1.82, 2.24) is 20.5 Å². The van der Waals surface area contributed by atoms with Crippen molar-refractivity contribution in [1.29, 1.82) is 0 Å². The third-order valence-electron chi connectivity index (χ3n) is 5.08. The van der Waals surface area contributed by atoms with Crippen molar-refractivity contribution in [3.05, 3.63) is 51.5 Å². The summed E-state index contributed by atoms with van der Waals surface area (Å²) in [6.45, 7) is 7.24. The van der Waals surface area contributed by atoms with Gasteiger partial charge in [-0.1, -0.05) is 37.1 Å². The van der Waals surface area contributed by atoms with Crippen LogP contribution in [0.1, 0.15) is 46.7 Å². The highest BCUT2D eigenvalue weighted by Crippen LogP contribution is 2.14. The minimum atomic E-state index is 0.782. The highest BCUT2D eigenvalue weighted by atomic mass is 32.1. The van der Waals surface area contributed by atoms with Crippen LogP contribution >= 0.6 is 11.3 Å². The Kier molecular flexibility index (Phi) is 8.30. The molecule has 0 aliphatic carbocycles. The van der Waals surface area contributed by atoms with Gasteiger partial charge in [-0.15, -0.1) is 11.3 Å². The molecule has 0 unspecified atom stereocenters. The number of benzene rings is 1. The van der Waals surface area contributed by atoms with Gasteiger partial charge in [0, 0.05) is 44.2 Å². The van der Waals surface area contributed by atoms with Crippen molar-refractivity contribution >= 4 is 17.3 Å². The van der Waals surface area contributed by atoms with Gasteiger partial charge < -0.3 is 10.6 Å². The van der Waals surface area contributed by atoms with Gasteiger partial charge >= 0.3 is 0 Å². The summed E-state index contributed by atoms with van der Waals surface area (Å²) in [5, 5.41) is 7.98. The maximum atomic E-state index is 4.41. The van der Waals surface area contributed by atoms with Crippen molar-refractivity contribution in [2.24, 2.45) is 4.99 Å². The van der Waals surface area contributed by atoms with Crippen molar-refractivity contribution in [2.75, 3.05) is 26.7 Å². The van der Waals surface area contributed by atoms with Crippen LogP contribution in [0.4, 0.5) is 0 Å². The van der Waals surface area contributed by atoms with Gasteiger partial charge in [0.2, 0.25) is 0 Å². The molecule has 1 fully saturated rings. The van der Waals surface area contributed by atoms with E-state index in [0.717, 1.165) is 32.0 Å². The quantitative estimate of drug-likeness (QED) is 0.550. The molecule has 1 aliphatic heterocycles. The van der Waals surface area contributed by atoms with E-state index in [-0.39, 0.29) is 0 Å². The van der Waals surface area contributed by atoms with Crippen LogP contribution in [0, 0.1) is 6.92 Å². The summed E-state index contributed by atoms with van der Waals surface area (Å²) in [5.74, 6) is 0.839. The van der Waals surface area contributed by atoms with Crippen molar-refractivity contribution in [3.8, 4) is 0 Å². The van der Waals surface area contributed by atoms with Crippen LogP contribution in [-0.2, 0) is 19.5 Å². The van der Waals surface area contributed by atoms with Gasteiger partial charge in [-0.3, -0.25) is 9.89 Å². The summed E-state index contributed by atoms with van der Waals surface area (Å²) < 4.78 is 0. The Morgan fingerprint density at radius 2 is 1.93 bits per heavy atom. The minimum Gasteiger partial charge on any atom is -0.356 e. The van der Waals surface area contributed by atoms with Gasteiger partial charge in [-0.05, 0) is 44.0 Å². The molecule has 5 nitrogen and oxygen atoms in total. The van der Waals surface area contributed by atoms with Crippen LogP contribution in [0.5, 0.6) is 0 Å². The Morgan fingerprint density at radius 3 is 2.64 bits per heavy atom. The molecule has 0 spiro atoms. The summed E-state index contributed by atoms with van der Waals surface area (Å²) >= 11 is 1.76. The molecule has 2 N–H and O–H groups in total. The maximum absolute atomic E-state index is 4.41. The second-order valence-electron chi connectivity index (χ2n) is 7.48. The molecular weight excluding hydrogens is 366 g/mol. The molecule has 0 atom stereocenters. The van der Waals surface area contributed by atoms with Crippen molar-refractivity contribution < 1.29 is 0 Å². The van der Waals surface area contributed by atoms with Crippen molar-refractivity contribution in [3.63, 3.8) is 0 Å². The number of likely N-dealkylation sites (tertiary alicyclic amines) is 1. The summed E-state index contributed by atoms with van der Waals surface area (Å²) in [6.07, 6.45) is 8.30. The number of aromatic nitrogens is 1. The Balaban J connectivity index is 1.44. The molecule has 2 aromatic rings. The normalized spacial score (nSPS) is 16.0. The first-order chi connectivity index (χ1) is 13.7. The summed E-state index contributed by atoms with van der Waals surface area (Å²) in [7, 11) is 1.82. The molecule has 6 heteroatoms. The molecule has 3 rings (SSSR count). The van der Waals surface area contributed by atoms with Crippen LogP contribution in [-0.4, -0.2) is 42.5 Å². The molecule has 0 saturated carbocycles. The van der Waals surface area contributed by atoms with E-state index in [0.29, 0.717) is 0 Å². The lowest BCUT2D eigenvalue weighted by atomic mass is 10.1. The van der Waals surface area contributed by atoms with E-state index in [2.05, 4.69) is 56.7 Å². The number of aliphatic imine (C=N–C) groups is 1. The van der Waals surface area contributed by atoms with Crippen LogP contribution in [0.25, 0.3) is 0 Å². The number of rotatable bonds is 7. The smallest absolute Gasteiger partial charge is 0.191 e. The number of hydrogen-bond donors (Lipinski definition) is 2. The highest BCUT2D eigenvalue weighted by molar-refractivity contribution is 7.11. The van der Waals surface area contributed by atoms with E-state index >= 15 is 0 Å². The number of guanidine groups is 1. The fourth-order valence-electron chi connectivity index (χ4n) is 3.60. The molecule has 1 saturated heterocycles. The van der Waals surface area contributed by atoms with Gasteiger partial charge in [0.15, 0.2) is 5.96 Å². The fraction of sp³-hybridized carbons (Fsp3) is 0.545. The summed E-state index contributed by atoms with van der Waals surface area (Å²) in [5.41, 5.74) is 2.70. The average molecular weight is 400 g/mol. The van der Waals surface area contributed by atoms with Crippen LogP contribution < -0.4 is 10.6 Å². The summed E-state index contributed by atoms with van der Waals surface area (Å²) in [6, 6.07) is 8.93. The van der Waals surface area contributed by atoms with E-state index in [9.17, 15) is 0 Å². The predicted octanol–water partition coefficient (Wildman–Crippen LogP) is 3.74. The average Bonchev–Trinajstić information content (AvgIpc) is 2.95. The second kappa shape index (κ2) is 11.2. The number of aryl methyl sites for hydroxylation is 1. The zero-order chi connectivity index (χ0) is 19.6. The van der Waals surface area contributed by atoms with Crippen LogP contribution in [0.3, 0.4) is 0 Å². The number of thiazole rings is 1. The highest BCUT2D eigenvalue weighted by Gasteiger charge is 2.09. The first-order valence-corrected chi connectivity index (χ1v) is 11.2. The lowest BCUT2D eigenvalue weighted by Gasteiger charge is -2.20. The summed E-state index contributed by atoms with van der Waals surface area (Å²) in [4.78, 5) is 12.6. The topological polar surface area (TPSA) is 52.6 Å². The van der Waals surface area contributed by atoms with Gasteiger partial charge in [0.25, 0.3) is 0 Å². The van der Waals surface area contributed by atoms with Gasteiger partial charge in [-0.25, -0.2) is 4.98 Å². The Bertz CT molecular complexity index is 747. The monoisotopic (exact) mass is 399 g/mol. The zero-order valence-corrected chi connectivity index (χ0v) is 18.0. The molecule has 28 heavy (non-hydrogen) atoms. The zero-order valence-electron chi connectivity index (χ0n) is 17.2. The number of nitrogens with zero attached hydrogens (tertiary/aromatic N) is 3. The number of nitrogens with one attached hydrogen (secondary N) is 2. The lowest BCUT2D eigenvalue weighted by Crippen LogP contribution is -2.37. The van der Waals surface area contributed by atoms with E-state index in [1.165, 1.54) is 59.8 Å². The van der Waals surface area contributed by atoms with Gasteiger partial charge in [0.1, 0.15) is 0 Å². The lowest BCUT2D eigenvalue weighted by molar-refractivity contribution is 0.277. The van der Waals surface area contributed by atoms with Crippen molar-refractivity contribution in [2.45, 2.75) is 52.1 Å². The minimum absolute atomic E-state index is 0.782. The molecule has 0 radical (unpaired) electrons. The maximum Gasteiger partial charge on any atom is 0.191 e. The Morgan fingerprint density at radius 1 is 1.14 bits per heavy atom. The Hall–Kier alpha value is -1.92. The molecule has 1 aromatic carbocycles. The predicted molar refractivity (Wildman–Crippen MR) is 119 cm³/mol. The molecule has 0 bridgehead atoms. The fourth-order valence-corrected chi connectivity index (χ4v) is 4.39. The molecule has 1 aliphatic rings. The first kappa shape index (κ1) is 20.8.